The molecule has 1 aromatic rings. The summed E-state index contributed by atoms with van der Waals surface area (Å²) < 4.78 is 0. The summed E-state index contributed by atoms with van der Waals surface area (Å²) >= 11 is 0. The Labute approximate surface area is 117 Å². The Kier molecular flexibility index (Phi) is 5.00. The molecule has 1 aliphatic carbocycles. The van der Waals surface area contributed by atoms with Gasteiger partial charge in [0.2, 0.25) is 0 Å². The summed E-state index contributed by atoms with van der Waals surface area (Å²) in [5.74, 6) is 1.08. The van der Waals surface area contributed by atoms with Gasteiger partial charge in [-0.3, -0.25) is 0 Å². The quantitative estimate of drug-likeness (QED) is 0.853. The molecule has 2 nitrogen and oxygen atoms in total. The lowest BCUT2D eigenvalue weighted by molar-refractivity contribution is 0.0851. The van der Waals surface area contributed by atoms with E-state index >= 15 is 0 Å². The minimum atomic E-state index is -0.280. The lowest BCUT2D eigenvalue weighted by Gasteiger charge is -2.27. The van der Waals surface area contributed by atoms with Crippen LogP contribution >= 0.6 is 0 Å². The van der Waals surface area contributed by atoms with Crippen LogP contribution < -0.4 is 5.73 Å². The molecule has 2 heteroatoms. The van der Waals surface area contributed by atoms with Gasteiger partial charge in [-0.05, 0) is 35.8 Å². The van der Waals surface area contributed by atoms with Gasteiger partial charge in [-0.25, -0.2) is 0 Å². The summed E-state index contributed by atoms with van der Waals surface area (Å²) in [4.78, 5) is 0. The molecule has 0 aromatic heterocycles. The number of aliphatic hydroxyl groups excluding tert-OH is 1. The summed E-state index contributed by atoms with van der Waals surface area (Å²) in [7, 11) is 0. The zero-order valence-electron chi connectivity index (χ0n) is 12.2. The minimum absolute atomic E-state index is 0.0873. The molecule has 1 fully saturated rings. The van der Waals surface area contributed by atoms with Gasteiger partial charge in [0, 0.05) is 12.5 Å². The van der Waals surface area contributed by atoms with Gasteiger partial charge < -0.3 is 10.8 Å². The number of rotatable bonds is 5. The Morgan fingerprint density at radius 2 is 1.63 bits per heavy atom. The van der Waals surface area contributed by atoms with Gasteiger partial charge in [-0.1, -0.05) is 51.0 Å². The van der Waals surface area contributed by atoms with Crippen molar-refractivity contribution in [2.75, 3.05) is 6.54 Å². The summed E-state index contributed by atoms with van der Waals surface area (Å²) in [6.07, 6.45) is 4.54. The number of hydrogen-bond donors (Lipinski definition) is 2. The monoisotopic (exact) mass is 261 g/mol. The van der Waals surface area contributed by atoms with Crippen molar-refractivity contribution in [3.63, 3.8) is 0 Å². The first-order valence-corrected chi connectivity index (χ1v) is 7.61. The highest BCUT2D eigenvalue weighted by atomic mass is 16.3. The first-order valence-electron chi connectivity index (χ1n) is 7.61. The lowest BCUT2D eigenvalue weighted by Crippen LogP contribution is -2.31. The van der Waals surface area contributed by atoms with Crippen LogP contribution in [0.3, 0.4) is 0 Å². The van der Waals surface area contributed by atoms with Gasteiger partial charge in [0.1, 0.15) is 0 Å². The fourth-order valence-corrected chi connectivity index (χ4v) is 3.23. The van der Waals surface area contributed by atoms with Crippen LogP contribution in [0.25, 0.3) is 0 Å². The molecule has 19 heavy (non-hydrogen) atoms. The van der Waals surface area contributed by atoms with Gasteiger partial charge in [0.05, 0.1) is 6.10 Å². The highest BCUT2D eigenvalue weighted by molar-refractivity contribution is 5.28. The smallest absolute Gasteiger partial charge is 0.0648 e. The van der Waals surface area contributed by atoms with Gasteiger partial charge in [-0.15, -0.1) is 0 Å². The number of benzene rings is 1. The third kappa shape index (κ3) is 3.37. The van der Waals surface area contributed by atoms with E-state index in [-0.39, 0.29) is 12.0 Å². The molecule has 106 valence electrons. The first kappa shape index (κ1) is 14.5. The van der Waals surface area contributed by atoms with E-state index in [0.29, 0.717) is 18.4 Å². The van der Waals surface area contributed by atoms with Gasteiger partial charge >= 0.3 is 0 Å². The molecule has 0 spiro atoms. The van der Waals surface area contributed by atoms with Crippen molar-refractivity contribution < 1.29 is 5.11 Å². The van der Waals surface area contributed by atoms with Crippen LogP contribution in [0.15, 0.2) is 24.3 Å². The predicted octanol–water partition coefficient (Wildman–Crippen LogP) is 3.40. The van der Waals surface area contributed by atoms with Crippen LogP contribution in [-0.2, 0) is 0 Å². The molecule has 1 aromatic carbocycles. The van der Waals surface area contributed by atoms with E-state index in [4.69, 9.17) is 5.73 Å². The van der Waals surface area contributed by atoms with Gasteiger partial charge in [-0.2, -0.15) is 0 Å². The Morgan fingerprint density at radius 3 is 2.11 bits per heavy atom. The van der Waals surface area contributed by atoms with Crippen molar-refractivity contribution in [2.24, 2.45) is 11.7 Å². The van der Waals surface area contributed by atoms with Crippen molar-refractivity contribution in [2.45, 2.75) is 57.5 Å². The molecular formula is C17H27NO. The van der Waals surface area contributed by atoms with Crippen LogP contribution in [0.2, 0.25) is 0 Å². The van der Waals surface area contributed by atoms with Crippen molar-refractivity contribution in [3.05, 3.63) is 35.4 Å². The third-order valence-electron chi connectivity index (χ3n) is 4.58. The minimum Gasteiger partial charge on any atom is -0.392 e. The van der Waals surface area contributed by atoms with E-state index in [1.807, 2.05) is 0 Å². The fourth-order valence-electron chi connectivity index (χ4n) is 3.23. The van der Waals surface area contributed by atoms with Gasteiger partial charge in [0.15, 0.2) is 0 Å². The number of hydrogen-bond acceptors (Lipinski definition) is 2. The van der Waals surface area contributed by atoms with Crippen molar-refractivity contribution in [1.29, 1.82) is 0 Å². The van der Waals surface area contributed by atoms with E-state index in [0.717, 1.165) is 12.8 Å². The third-order valence-corrected chi connectivity index (χ3v) is 4.58. The Hall–Kier alpha value is -0.860. The average molecular weight is 261 g/mol. The second-order valence-corrected chi connectivity index (χ2v) is 6.20. The van der Waals surface area contributed by atoms with Crippen LogP contribution in [0, 0.1) is 5.92 Å². The zero-order valence-corrected chi connectivity index (χ0v) is 12.2. The van der Waals surface area contributed by atoms with E-state index in [2.05, 4.69) is 38.1 Å². The van der Waals surface area contributed by atoms with Crippen LogP contribution in [-0.4, -0.2) is 17.8 Å². The number of aliphatic hydroxyl groups is 1. The molecule has 0 radical (unpaired) electrons. The van der Waals surface area contributed by atoms with Crippen LogP contribution in [0.5, 0.6) is 0 Å². The predicted molar refractivity (Wildman–Crippen MR) is 80.3 cm³/mol. The molecular weight excluding hydrogens is 234 g/mol. The van der Waals surface area contributed by atoms with E-state index in [1.165, 1.54) is 24.0 Å². The molecule has 2 rings (SSSR count). The maximum atomic E-state index is 10.6. The van der Waals surface area contributed by atoms with Crippen molar-refractivity contribution in [3.8, 4) is 0 Å². The van der Waals surface area contributed by atoms with Crippen LogP contribution in [0.1, 0.15) is 62.5 Å². The SMILES string of the molecule is CC(C)c1ccc(C(CN)C(O)C2CCCC2)cc1. The van der Waals surface area contributed by atoms with E-state index < -0.39 is 0 Å². The maximum absolute atomic E-state index is 10.6. The summed E-state index contributed by atoms with van der Waals surface area (Å²) in [6.45, 7) is 4.92. The topological polar surface area (TPSA) is 46.2 Å². The summed E-state index contributed by atoms with van der Waals surface area (Å²) in [6, 6.07) is 8.63. The standard InChI is InChI=1S/C17H27NO/c1-12(2)13-7-9-14(10-8-13)16(11-18)17(19)15-5-3-4-6-15/h7-10,12,15-17,19H,3-6,11,18H2,1-2H3. The van der Waals surface area contributed by atoms with Crippen molar-refractivity contribution in [1.82, 2.24) is 0 Å². The Balaban J connectivity index is 2.11. The van der Waals surface area contributed by atoms with Crippen LogP contribution in [0.4, 0.5) is 0 Å². The second kappa shape index (κ2) is 6.53. The molecule has 2 unspecified atom stereocenters. The number of nitrogens with two attached hydrogens (primary N) is 1. The highest BCUT2D eigenvalue weighted by Crippen LogP contribution is 2.34. The second-order valence-electron chi connectivity index (χ2n) is 6.20. The molecule has 2 atom stereocenters. The fraction of sp³-hybridized carbons (Fsp3) is 0.647. The van der Waals surface area contributed by atoms with Gasteiger partial charge in [0.25, 0.3) is 0 Å². The largest absolute Gasteiger partial charge is 0.392 e. The Morgan fingerprint density at radius 1 is 1.11 bits per heavy atom. The normalized spacial score (nSPS) is 19.8. The Bertz CT molecular complexity index is 379. The summed E-state index contributed by atoms with van der Waals surface area (Å²) in [5.41, 5.74) is 8.44. The molecule has 0 saturated heterocycles. The average Bonchev–Trinajstić information content (AvgIpc) is 2.94. The van der Waals surface area contributed by atoms with E-state index in [9.17, 15) is 5.11 Å². The molecule has 0 heterocycles. The highest BCUT2D eigenvalue weighted by Gasteiger charge is 2.30. The summed E-state index contributed by atoms with van der Waals surface area (Å²) in [5, 5.41) is 10.6. The first-order chi connectivity index (χ1) is 9.13. The molecule has 0 bridgehead atoms. The molecule has 3 N–H and O–H groups in total. The molecule has 0 aliphatic heterocycles. The lowest BCUT2D eigenvalue weighted by atomic mass is 9.84. The zero-order chi connectivity index (χ0) is 13.8. The maximum Gasteiger partial charge on any atom is 0.0648 e. The van der Waals surface area contributed by atoms with Crippen molar-refractivity contribution >= 4 is 0 Å². The molecule has 1 saturated carbocycles. The molecule has 0 amide bonds. The van der Waals surface area contributed by atoms with E-state index in [1.54, 1.807) is 0 Å². The molecule has 1 aliphatic rings.